The lowest BCUT2D eigenvalue weighted by Gasteiger charge is -2.29. The molecule has 0 aliphatic carbocycles. The lowest BCUT2D eigenvalue weighted by Crippen LogP contribution is -2.32. The minimum atomic E-state index is -0.889. The number of fused-ring (bicyclic) bond motifs is 1. The van der Waals surface area contributed by atoms with Gasteiger partial charge in [0.25, 0.3) is 0 Å². The fourth-order valence-electron chi connectivity index (χ4n) is 3.28. The van der Waals surface area contributed by atoms with E-state index in [1.165, 1.54) is 25.6 Å². The number of hydrogen-bond acceptors (Lipinski definition) is 6. The van der Waals surface area contributed by atoms with Gasteiger partial charge in [-0.3, -0.25) is 4.79 Å². The lowest BCUT2D eigenvalue weighted by atomic mass is 9.94. The van der Waals surface area contributed by atoms with Gasteiger partial charge in [-0.15, -0.1) is 0 Å². The Labute approximate surface area is 184 Å². The van der Waals surface area contributed by atoms with Crippen molar-refractivity contribution in [2.75, 3.05) is 12.4 Å². The largest absolute Gasteiger partial charge is 0.493 e. The third-order valence-corrected chi connectivity index (χ3v) is 5.00. The summed E-state index contributed by atoms with van der Waals surface area (Å²) in [5.41, 5.74) is 0.388. The highest BCUT2D eigenvalue weighted by atomic mass is 35.5. The SMILES string of the molecule is COc1cc2ncnc(Nc3ccc(F)c(Cl)c3)c2cc1OC(C)(C)CC(C)C(=O)O. The first-order chi connectivity index (χ1) is 14.6. The molecule has 2 N–H and O–H groups in total. The second-order valence-corrected chi connectivity index (χ2v) is 8.21. The van der Waals surface area contributed by atoms with E-state index < -0.39 is 23.3 Å². The Morgan fingerprint density at radius 2 is 2.00 bits per heavy atom. The first-order valence-corrected chi connectivity index (χ1v) is 9.94. The third kappa shape index (κ3) is 5.32. The van der Waals surface area contributed by atoms with Crippen LogP contribution in [-0.2, 0) is 4.79 Å². The summed E-state index contributed by atoms with van der Waals surface area (Å²) in [4.78, 5) is 19.8. The molecule has 0 saturated carbocycles. The van der Waals surface area contributed by atoms with E-state index >= 15 is 0 Å². The number of aromatic nitrogens is 2. The number of carbonyl (C=O) groups is 1. The maximum Gasteiger partial charge on any atom is 0.306 e. The smallest absolute Gasteiger partial charge is 0.306 e. The number of halogens is 2. The molecule has 1 atom stereocenters. The molecule has 3 rings (SSSR count). The highest BCUT2D eigenvalue weighted by molar-refractivity contribution is 6.31. The summed E-state index contributed by atoms with van der Waals surface area (Å²) < 4.78 is 25.1. The summed E-state index contributed by atoms with van der Waals surface area (Å²) >= 11 is 5.87. The normalized spacial score (nSPS) is 12.5. The molecule has 0 saturated heterocycles. The number of hydrogen-bond donors (Lipinski definition) is 2. The van der Waals surface area contributed by atoms with Crippen LogP contribution in [0.1, 0.15) is 27.2 Å². The molecule has 1 heterocycles. The van der Waals surface area contributed by atoms with E-state index in [9.17, 15) is 14.3 Å². The fourth-order valence-corrected chi connectivity index (χ4v) is 3.46. The molecule has 2 aromatic carbocycles. The number of nitrogens with zero attached hydrogens (tertiary/aromatic N) is 2. The zero-order valence-corrected chi connectivity index (χ0v) is 18.3. The van der Waals surface area contributed by atoms with Crippen LogP contribution in [0.2, 0.25) is 5.02 Å². The predicted octanol–water partition coefficient (Wildman–Crippen LogP) is 5.44. The molecular formula is C22H23ClFN3O4. The topological polar surface area (TPSA) is 93.6 Å². The Hall–Kier alpha value is -3.13. The average molecular weight is 448 g/mol. The van der Waals surface area contributed by atoms with Crippen molar-refractivity contribution < 1.29 is 23.8 Å². The number of anilines is 2. The van der Waals surface area contributed by atoms with Crippen molar-refractivity contribution in [2.24, 2.45) is 5.92 Å². The highest BCUT2D eigenvalue weighted by Crippen LogP contribution is 2.38. The van der Waals surface area contributed by atoms with Gasteiger partial charge < -0.3 is 19.9 Å². The first-order valence-electron chi connectivity index (χ1n) is 9.56. The van der Waals surface area contributed by atoms with Gasteiger partial charge in [0, 0.05) is 17.1 Å². The van der Waals surface area contributed by atoms with Gasteiger partial charge in [-0.25, -0.2) is 14.4 Å². The number of carboxylic acids is 1. The summed E-state index contributed by atoms with van der Waals surface area (Å²) in [6, 6.07) is 7.72. The maximum atomic E-state index is 13.5. The van der Waals surface area contributed by atoms with Crippen LogP contribution in [0, 0.1) is 11.7 Å². The number of methoxy groups -OCH3 is 1. The van der Waals surface area contributed by atoms with Crippen molar-refractivity contribution >= 4 is 40.0 Å². The standard InChI is InChI=1S/C22H23ClFN3O4/c1-12(21(28)29)10-22(2,3)31-19-8-14-17(9-18(19)30-4)25-11-26-20(14)27-13-5-6-16(24)15(23)7-13/h5-9,11-12H,10H2,1-4H3,(H,28,29)(H,25,26,27). The van der Waals surface area contributed by atoms with Crippen LogP contribution in [0.15, 0.2) is 36.7 Å². The number of nitrogens with one attached hydrogen (secondary N) is 1. The van der Waals surface area contributed by atoms with E-state index in [0.717, 1.165) is 0 Å². The lowest BCUT2D eigenvalue weighted by molar-refractivity contribution is -0.142. The molecule has 9 heteroatoms. The Balaban J connectivity index is 1.99. The maximum absolute atomic E-state index is 13.5. The predicted molar refractivity (Wildman–Crippen MR) is 117 cm³/mol. The van der Waals surface area contributed by atoms with Crippen molar-refractivity contribution in [3.8, 4) is 11.5 Å². The van der Waals surface area contributed by atoms with Gasteiger partial charge in [-0.2, -0.15) is 0 Å². The second-order valence-electron chi connectivity index (χ2n) is 7.80. The molecule has 0 spiro atoms. The second kappa shape index (κ2) is 8.93. The number of rotatable bonds is 8. The molecule has 0 amide bonds. The van der Waals surface area contributed by atoms with Gasteiger partial charge >= 0.3 is 5.97 Å². The summed E-state index contributed by atoms with van der Waals surface area (Å²) in [5, 5.41) is 13.0. The van der Waals surface area contributed by atoms with E-state index in [1.807, 2.05) is 13.8 Å². The molecule has 0 aliphatic rings. The summed E-state index contributed by atoms with van der Waals surface area (Å²) in [6.07, 6.45) is 1.70. The molecule has 0 fully saturated rings. The van der Waals surface area contributed by atoms with Crippen LogP contribution in [0.25, 0.3) is 10.9 Å². The van der Waals surface area contributed by atoms with Crippen LogP contribution in [0.4, 0.5) is 15.9 Å². The third-order valence-electron chi connectivity index (χ3n) is 4.71. The van der Waals surface area contributed by atoms with Crippen LogP contribution in [-0.4, -0.2) is 33.8 Å². The Morgan fingerprint density at radius 1 is 1.26 bits per heavy atom. The van der Waals surface area contributed by atoms with Crippen LogP contribution in [0.5, 0.6) is 11.5 Å². The highest BCUT2D eigenvalue weighted by Gasteiger charge is 2.28. The van der Waals surface area contributed by atoms with Crippen LogP contribution >= 0.6 is 11.6 Å². The van der Waals surface area contributed by atoms with Crippen molar-refractivity contribution in [3.63, 3.8) is 0 Å². The van der Waals surface area contributed by atoms with Gasteiger partial charge in [-0.05, 0) is 44.5 Å². The fraction of sp³-hybridized carbons (Fsp3) is 0.318. The van der Waals surface area contributed by atoms with E-state index in [1.54, 1.807) is 25.1 Å². The number of aliphatic carboxylic acids is 1. The molecular weight excluding hydrogens is 425 g/mol. The summed E-state index contributed by atoms with van der Waals surface area (Å²) in [5.74, 6) is -0.634. The minimum Gasteiger partial charge on any atom is -0.493 e. The van der Waals surface area contributed by atoms with Crippen molar-refractivity contribution in [1.29, 1.82) is 0 Å². The molecule has 0 radical (unpaired) electrons. The van der Waals surface area contributed by atoms with Crippen molar-refractivity contribution in [1.82, 2.24) is 9.97 Å². The minimum absolute atomic E-state index is 0.0108. The van der Waals surface area contributed by atoms with E-state index in [-0.39, 0.29) is 5.02 Å². The van der Waals surface area contributed by atoms with E-state index in [0.29, 0.717) is 40.3 Å². The Morgan fingerprint density at radius 3 is 2.65 bits per heavy atom. The van der Waals surface area contributed by atoms with Gasteiger partial charge in [0.2, 0.25) is 0 Å². The van der Waals surface area contributed by atoms with Gasteiger partial charge in [0.05, 0.1) is 23.6 Å². The quantitative estimate of drug-likeness (QED) is 0.474. The van der Waals surface area contributed by atoms with E-state index in [4.69, 9.17) is 21.1 Å². The molecule has 1 aromatic heterocycles. The zero-order valence-electron chi connectivity index (χ0n) is 17.6. The summed E-state index contributed by atoms with van der Waals surface area (Å²) in [7, 11) is 1.52. The Bertz CT molecular complexity index is 1120. The average Bonchev–Trinajstić information content (AvgIpc) is 2.70. The molecule has 7 nitrogen and oxygen atoms in total. The van der Waals surface area contributed by atoms with E-state index in [2.05, 4.69) is 15.3 Å². The molecule has 0 aliphatic heterocycles. The molecule has 0 bridgehead atoms. The first kappa shape index (κ1) is 22.6. The van der Waals surface area contributed by atoms with Crippen molar-refractivity contribution in [2.45, 2.75) is 32.8 Å². The molecule has 31 heavy (non-hydrogen) atoms. The van der Waals surface area contributed by atoms with Crippen LogP contribution < -0.4 is 14.8 Å². The summed E-state index contributed by atoms with van der Waals surface area (Å²) in [6.45, 7) is 5.27. The number of ether oxygens (including phenoxy) is 2. The number of carboxylic acid groups (broad SMARTS) is 1. The van der Waals surface area contributed by atoms with Gasteiger partial charge in [-0.1, -0.05) is 18.5 Å². The number of benzene rings is 2. The van der Waals surface area contributed by atoms with Gasteiger partial charge in [0.1, 0.15) is 23.6 Å². The zero-order chi connectivity index (χ0) is 22.8. The molecule has 1 unspecified atom stereocenters. The Kier molecular flexibility index (Phi) is 6.50. The molecule has 164 valence electrons. The van der Waals surface area contributed by atoms with Gasteiger partial charge in [0.15, 0.2) is 11.5 Å². The van der Waals surface area contributed by atoms with Crippen molar-refractivity contribution in [3.05, 3.63) is 47.5 Å². The molecule has 3 aromatic rings. The monoisotopic (exact) mass is 447 g/mol. The van der Waals surface area contributed by atoms with Crippen LogP contribution in [0.3, 0.4) is 0 Å².